The number of benzene rings is 4. The summed E-state index contributed by atoms with van der Waals surface area (Å²) in [7, 11) is 0. The minimum atomic E-state index is -1.31. The molecule has 1 N–H and O–H groups in total. The number of nitrogens with one attached hydrogen (secondary N) is 1. The van der Waals surface area contributed by atoms with Crippen molar-refractivity contribution in [1.29, 1.82) is 0 Å². The van der Waals surface area contributed by atoms with Crippen molar-refractivity contribution in [2.45, 2.75) is 26.4 Å². The van der Waals surface area contributed by atoms with E-state index in [-0.39, 0.29) is 6.61 Å². The summed E-state index contributed by atoms with van der Waals surface area (Å²) >= 11 is 0. The molecule has 4 aromatic rings. The zero-order chi connectivity index (χ0) is 27.9. The van der Waals surface area contributed by atoms with E-state index in [2.05, 4.69) is 24.1 Å². The Kier molecular flexibility index (Phi) is 6.42. The van der Waals surface area contributed by atoms with Crippen molar-refractivity contribution in [1.82, 2.24) is 0 Å². The second kappa shape index (κ2) is 10.1. The molecule has 0 aromatic heterocycles. The van der Waals surface area contributed by atoms with Crippen molar-refractivity contribution in [2.24, 2.45) is 0 Å². The van der Waals surface area contributed by atoms with Gasteiger partial charge in [0.1, 0.15) is 11.5 Å². The molecule has 0 bridgehead atoms. The summed E-state index contributed by atoms with van der Waals surface area (Å²) in [6.45, 7) is 7.90. The van der Waals surface area contributed by atoms with E-state index in [4.69, 9.17) is 14.2 Å². The van der Waals surface area contributed by atoms with E-state index in [1.54, 1.807) is 25.1 Å². The molecule has 0 amide bonds. The zero-order valence-electron chi connectivity index (χ0n) is 22.7. The highest BCUT2D eigenvalue weighted by molar-refractivity contribution is 5.99. The van der Waals surface area contributed by atoms with E-state index >= 15 is 0 Å². The Hall–Kier alpha value is -4.78. The molecule has 7 heteroatoms. The summed E-state index contributed by atoms with van der Waals surface area (Å²) in [6.07, 6.45) is 0. The first-order valence-corrected chi connectivity index (χ1v) is 13.6. The van der Waals surface area contributed by atoms with Crippen LogP contribution < -0.4 is 15.0 Å². The van der Waals surface area contributed by atoms with E-state index in [0.717, 1.165) is 30.2 Å². The molecule has 0 radical (unpaired) electrons. The van der Waals surface area contributed by atoms with Gasteiger partial charge in [-0.05, 0) is 81.4 Å². The Balaban J connectivity index is 1.57. The second-order valence-corrected chi connectivity index (χ2v) is 9.71. The first-order valence-electron chi connectivity index (χ1n) is 13.6. The number of nitrogens with zero attached hydrogens (tertiary/aromatic N) is 1. The molecule has 202 valence electrons. The standard InChI is InChI=1S/C33H30N2O5/c1-4-35(5-2)24-14-16-26-30(20-24)39-29-17-13-23(34-22-10-8-7-9-11-22)19-28(29)33(26)27-18-21(31(36)38-6-3)12-15-25(27)32(37)40-33/h7-20,34H,4-6H2,1-3H3/t33-/m0/s1. The molecular formula is C33H30N2O5. The highest BCUT2D eigenvalue weighted by Crippen LogP contribution is 2.57. The van der Waals surface area contributed by atoms with E-state index in [0.29, 0.717) is 39.3 Å². The van der Waals surface area contributed by atoms with Crippen LogP contribution in [-0.4, -0.2) is 31.6 Å². The van der Waals surface area contributed by atoms with Gasteiger partial charge in [0.15, 0.2) is 5.60 Å². The molecule has 2 aliphatic heterocycles. The van der Waals surface area contributed by atoms with Crippen LogP contribution in [0.3, 0.4) is 0 Å². The molecule has 2 aliphatic rings. The van der Waals surface area contributed by atoms with Gasteiger partial charge in [0.05, 0.1) is 17.7 Å². The summed E-state index contributed by atoms with van der Waals surface area (Å²) in [5, 5.41) is 3.43. The Morgan fingerprint density at radius 2 is 1.62 bits per heavy atom. The van der Waals surface area contributed by atoms with Gasteiger partial charge in [-0.25, -0.2) is 9.59 Å². The van der Waals surface area contributed by atoms with Gasteiger partial charge < -0.3 is 24.4 Å². The fraction of sp³-hybridized carbons (Fsp3) is 0.212. The van der Waals surface area contributed by atoms with Crippen LogP contribution in [0.2, 0.25) is 0 Å². The minimum Gasteiger partial charge on any atom is -0.462 e. The first-order chi connectivity index (χ1) is 19.5. The van der Waals surface area contributed by atoms with Crippen molar-refractivity contribution < 1.29 is 23.8 Å². The smallest absolute Gasteiger partial charge is 0.340 e. The fourth-order valence-electron chi connectivity index (χ4n) is 5.60. The Labute approximate surface area is 233 Å². The number of carbonyl (C=O) groups is 2. The topological polar surface area (TPSA) is 77.1 Å². The third-order valence-electron chi connectivity index (χ3n) is 7.49. The SMILES string of the molecule is CCOC(=O)c1ccc2c(c1)[C@@]1(OC2=O)c2ccc(N(CC)CC)cc2Oc2ccc(Nc3ccccc3)cc21. The van der Waals surface area contributed by atoms with Gasteiger partial charge in [-0.2, -0.15) is 0 Å². The lowest BCUT2D eigenvalue weighted by molar-refractivity contribution is 0.0224. The molecule has 1 atom stereocenters. The normalized spacial score (nSPS) is 16.3. The quantitative estimate of drug-likeness (QED) is 0.255. The van der Waals surface area contributed by atoms with Gasteiger partial charge in [-0.15, -0.1) is 0 Å². The average molecular weight is 535 g/mol. The van der Waals surface area contributed by atoms with Gasteiger partial charge in [-0.3, -0.25) is 0 Å². The zero-order valence-corrected chi connectivity index (χ0v) is 22.7. The number of rotatable bonds is 7. The fourth-order valence-corrected chi connectivity index (χ4v) is 5.60. The Bertz CT molecular complexity index is 1610. The predicted octanol–water partition coefficient (Wildman–Crippen LogP) is 7.02. The Morgan fingerprint density at radius 3 is 2.38 bits per heavy atom. The molecule has 0 saturated carbocycles. The molecule has 0 saturated heterocycles. The highest BCUT2D eigenvalue weighted by Gasteiger charge is 2.54. The van der Waals surface area contributed by atoms with Crippen LogP contribution in [0.1, 0.15) is 58.2 Å². The predicted molar refractivity (Wildman–Crippen MR) is 154 cm³/mol. The first kappa shape index (κ1) is 25.5. The molecule has 0 aliphatic carbocycles. The molecule has 0 fully saturated rings. The summed E-state index contributed by atoms with van der Waals surface area (Å²) in [5.74, 6) is 0.259. The summed E-state index contributed by atoms with van der Waals surface area (Å²) in [5.41, 5.74) is 4.13. The van der Waals surface area contributed by atoms with Crippen LogP contribution in [0, 0.1) is 0 Å². The van der Waals surface area contributed by atoms with Crippen molar-refractivity contribution in [3.05, 3.63) is 113 Å². The third kappa shape index (κ3) is 4.06. The van der Waals surface area contributed by atoms with Crippen LogP contribution >= 0.6 is 0 Å². The van der Waals surface area contributed by atoms with Crippen molar-refractivity contribution in [3.63, 3.8) is 0 Å². The molecule has 40 heavy (non-hydrogen) atoms. The maximum absolute atomic E-state index is 13.4. The summed E-state index contributed by atoms with van der Waals surface area (Å²) < 4.78 is 18.1. The van der Waals surface area contributed by atoms with E-state index in [1.807, 2.05) is 66.7 Å². The van der Waals surface area contributed by atoms with E-state index in [1.165, 1.54) is 0 Å². The van der Waals surface area contributed by atoms with Crippen LogP contribution in [0.5, 0.6) is 11.5 Å². The molecule has 1 spiro atoms. The molecular weight excluding hydrogens is 504 g/mol. The highest BCUT2D eigenvalue weighted by atomic mass is 16.6. The van der Waals surface area contributed by atoms with Crippen molar-refractivity contribution in [3.8, 4) is 11.5 Å². The van der Waals surface area contributed by atoms with Crippen LogP contribution in [0.25, 0.3) is 0 Å². The second-order valence-electron chi connectivity index (χ2n) is 9.71. The van der Waals surface area contributed by atoms with Gasteiger partial charge in [0.2, 0.25) is 0 Å². The maximum atomic E-state index is 13.4. The van der Waals surface area contributed by atoms with Gasteiger partial charge in [0.25, 0.3) is 0 Å². The number of ether oxygens (including phenoxy) is 3. The van der Waals surface area contributed by atoms with Crippen molar-refractivity contribution >= 4 is 29.0 Å². The molecule has 2 heterocycles. The lowest BCUT2D eigenvalue weighted by atomic mass is 9.77. The molecule has 6 rings (SSSR count). The number of hydrogen-bond donors (Lipinski definition) is 1. The van der Waals surface area contributed by atoms with E-state index in [9.17, 15) is 9.59 Å². The summed E-state index contributed by atoms with van der Waals surface area (Å²) in [6, 6.07) is 26.5. The lowest BCUT2D eigenvalue weighted by Crippen LogP contribution is -2.33. The Morgan fingerprint density at radius 1 is 0.825 bits per heavy atom. The molecule has 7 nitrogen and oxygen atoms in total. The largest absolute Gasteiger partial charge is 0.462 e. The molecule has 4 aromatic carbocycles. The van der Waals surface area contributed by atoms with E-state index < -0.39 is 17.5 Å². The summed E-state index contributed by atoms with van der Waals surface area (Å²) in [4.78, 5) is 28.4. The number of carbonyl (C=O) groups excluding carboxylic acids is 2. The number of esters is 2. The lowest BCUT2D eigenvalue weighted by Gasteiger charge is -2.37. The van der Waals surface area contributed by atoms with Crippen LogP contribution in [0.4, 0.5) is 17.1 Å². The maximum Gasteiger partial charge on any atom is 0.340 e. The van der Waals surface area contributed by atoms with Gasteiger partial charge in [0, 0.05) is 52.9 Å². The molecule has 0 unspecified atom stereocenters. The van der Waals surface area contributed by atoms with Crippen molar-refractivity contribution in [2.75, 3.05) is 29.9 Å². The van der Waals surface area contributed by atoms with Gasteiger partial charge in [-0.1, -0.05) is 18.2 Å². The number of para-hydroxylation sites is 1. The van der Waals surface area contributed by atoms with Crippen LogP contribution in [0.15, 0.2) is 84.9 Å². The number of fused-ring (bicyclic) bond motifs is 6. The van der Waals surface area contributed by atoms with Crippen LogP contribution in [-0.2, 0) is 15.1 Å². The number of hydrogen-bond acceptors (Lipinski definition) is 7. The third-order valence-corrected chi connectivity index (χ3v) is 7.49. The monoisotopic (exact) mass is 534 g/mol. The number of anilines is 3. The average Bonchev–Trinajstić information content (AvgIpc) is 3.26. The minimum absolute atomic E-state index is 0.249. The van der Waals surface area contributed by atoms with Gasteiger partial charge >= 0.3 is 11.9 Å².